The number of hydrogen-bond acceptors (Lipinski definition) is 6. The summed E-state index contributed by atoms with van der Waals surface area (Å²) in [6.45, 7) is 5.86. The van der Waals surface area contributed by atoms with Gasteiger partial charge in [-0.05, 0) is 44.5 Å². The summed E-state index contributed by atoms with van der Waals surface area (Å²) >= 11 is 1.11. The van der Waals surface area contributed by atoms with Gasteiger partial charge in [-0.25, -0.2) is 14.2 Å². The van der Waals surface area contributed by atoms with Crippen molar-refractivity contribution in [2.24, 2.45) is 4.99 Å². The van der Waals surface area contributed by atoms with Gasteiger partial charge in [-0.1, -0.05) is 41.7 Å². The Morgan fingerprint density at radius 1 is 1.11 bits per heavy atom. The highest BCUT2D eigenvalue weighted by Crippen LogP contribution is 2.35. The molecule has 1 aromatic heterocycles. The molecule has 0 saturated carbocycles. The van der Waals surface area contributed by atoms with E-state index in [1.807, 2.05) is 31.2 Å². The first-order valence-corrected chi connectivity index (χ1v) is 12.1. The van der Waals surface area contributed by atoms with Crippen LogP contribution >= 0.6 is 11.3 Å². The minimum absolute atomic E-state index is 0.151. The van der Waals surface area contributed by atoms with E-state index in [2.05, 4.69) is 4.99 Å². The van der Waals surface area contributed by atoms with Gasteiger partial charge in [-0.15, -0.1) is 0 Å². The molecule has 178 valence electrons. The highest BCUT2D eigenvalue weighted by Gasteiger charge is 2.36. The van der Waals surface area contributed by atoms with Gasteiger partial charge in [-0.3, -0.25) is 14.2 Å². The minimum atomic E-state index is -0.866. The van der Waals surface area contributed by atoms with Gasteiger partial charge in [0.1, 0.15) is 10.3 Å². The summed E-state index contributed by atoms with van der Waals surface area (Å²) in [4.78, 5) is 46.8. The molecule has 1 unspecified atom stereocenters. The van der Waals surface area contributed by atoms with Crippen molar-refractivity contribution >= 4 is 34.5 Å². The van der Waals surface area contributed by atoms with E-state index in [-0.39, 0.29) is 22.6 Å². The number of ether oxygens (including phenoxy) is 1. The maximum Gasteiger partial charge on any atom is 0.338 e. The number of fused-ring (bicyclic) bond motifs is 2. The molecule has 2 aromatic carbocycles. The van der Waals surface area contributed by atoms with Gasteiger partial charge >= 0.3 is 5.97 Å². The molecule has 0 radical (unpaired) electrons. The number of halogens is 1. The van der Waals surface area contributed by atoms with Crippen LogP contribution in [0.4, 0.5) is 10.1 Å². The summed E-state index contributed by atoms with van der Waals surface area (Å²) in [5, 5.41) is 0. The third-order valence-electron chi connectivity index (χ3n) is 6.14. The number of carbonyl (C=O) groups excluding carboxylic acids is 2. The van der Waals surface area contributed by atoms with Gasteiger partial charge in [0.05, 0.1) is 35.2 Å². The Kier molecular flexibility index (Phi) is 5.72. The first-order chi connectivity index (χ1) is 16.9. The summed E-state index contributed by atoms with van der Waals surface area (Å²) in [6.07, 6.45) is 0. The molecule has 9 heteroatoms. The van der Waals surface area contributed by atoms with Crippen LogP contribution in [0.15, 0.2) is 69.6 Å². The standard InChI is InChI=1S/C26H22FN3O4S/c1-4-29-18-9-7-6-8-17(18)20(23(29)31)22-24(32)30-21(15-10-12-16(27)13-11-15)19(25(33)34-5-2)14(3)28-26(30)35-22/h6-13,21H,4-5H2,1-3H3/b22-20-. The van der Waals surface area contributed by atoms with Crippen molar-refractivity contribution in [1.82, 2.24) is 4.57 Å². The predicted molar refractivity (Wildman–Crippen MR) is 130 cm³/mol. The predicted octanol–water partition coefficient (Wildman–Crippen LogP) is 2.67. The third kappa shape index (κ3) is 3.54. The monoisotopic (exact) mass is 491 g/mol. The number of carbonyl (C=O) groups is 2. The number of benzene rings is 2. The van der Waals surface area contributed by atoms with Crippen molar-refractivity contribution < 1.29 is 18.7 Å². The summed E-state index contributed by atoms with van der Waals surface area (Å²) < 4.78 is 20.6. The Morgan fingerprint density at radius 3 is 2.51 bits per heavy atom. The second-order valence-electron chi connectivity index (χ2n) is 8.12. The molecule has 1 amide bonds. The highest BCUT2D eigenvalue weighted by molar-refractivity contribution is 7.07. The lowest BCUT2D eigenvalue weighted by Crippen LogP contribution is -2.41. The van der Waals surface area contributed by atoms with Gasteiger partial charge in [-0.2, -0.15) is 0 Å². The van der Waals surface area contributed by atoms with Crippen molar-refractivity contribution in [2.45, 2.75) is 26.8 Å². The van der Waals surface area contributed by atoms with Gasteiger partial charge < -0.3 is 9.64 Å². The number of esters is 1. The Labute approximate surface area is 204 Å². The topological polar surface area (TPSA) is 81.0 Å². The SMILES string of the molecule is CCOC(=O)C1=C(C)N=c2s/c(=C3\C(=O)N(CC)c4ccccc43)c(=O)n2C1c1ccc(F)cc1. The van der Waals surface area contributed by atoms with Crippen LogP contribution in [0.25, 0.3) is 5.57 Å². The Morgan fingerprint density at radius 2 is 1.83 bits per heavy atom. The lowest BCUT2D eigenvalue weighted by atomic mass is 9.96. The molecule has 35 heavy (non-hydrogen) atoms. The van der Waals surface area contributed by atoms with Crippen LogP contribution in [-0.4, -0.2) is 29.6 Å². The molecule has 1 atom stereocenters. The van der Waals surface area contributed by atoms with E-state index in [1.165, 1.54) is 28.8 Å². The number of allylic oxidation sites excluding steroid dienone is 1. The Hall–Kier alpha value is -3.85. The molecule has 0 saturated heterocycles. The van der Waals surface area contributed by atoms with E-state index in [0.29, 0.717) is 33.7 Å². The van der Waals surface area contributed by atoms with Crippen molar-refractivity contribution in [3.05, 3.63) is 96.4 Å². The van der Waals surface area contributed by atoms with Crippen molar-refractivity contribution in [3.8, 4) is 0 Å². The minimum Gasteiger partial charge on any atom is -0.463 e. The quantitative estimate of drug-likeness (QED) is 0.526. The lowest BCUT2D eigenvalue weighted by molar-refractivity contribution is -0.139. The Bertz CT molecular complexity index is 1580. The first-order valence-electron chi connectivity index (χ1n) is 11.3. The van der Waals surface area contributed by atoms with Gasteiger partial charge in [0.25, 0.3) is 11.5 Å². The van der Waals surface area contributed by atoms with Crippen molar-refractivity contribution in [3.63, 3.8) is 0 Å². The largest absolute Gasteiger partial charge is 0.463 e. The smallest absolute Gasteiger partial charge is 0.338 e. The maximum absolute atomic E-state index is 13.9. The molecule has 0 fully saturated rings. The molecular weight excluding hydrogens is 469 g/mol. The van der Waals surface area contributed by atoms with Gasteiger partial charge in [0.15, 0.2) is 4.80 Å². The van der Waals surface area contributed by atoms with Crippen molar-refractivity contribution in [2.75, 3.05) is 18.1 Å². The van der Waals surface area contributed by atoms with Crippen LogP contribution in [0.5, 0.6) is 0 Å². The molecule has 0 aliphatic carbocycles. The van der Waals surface area contributed by atoms with E-state index >= 15 is 0 Å². The van der Waals surface area contributed by atoms with Crippen LogP contribution < -0.4 is 19.8 Å². The number of nitrogens with zero attached hydrogens (tertiary/aromatic N) is 3. The van der Waals surface area contributed by atoms with Crippen LogP contribution in [0.2, 0.25) is 0 Å². The molecule has 2 aliphatic rings. The number of aromatic nitrogens is 1. The fourth-order valence-corrected chi connectivity index (χ4v) is 5.75. The average molecular weight is 492 g/mol. The number of hydrogen-bond donors (Lipinski definition) is 0. The van der Waals surface area contributed by atoms with Crippen LogP contribution in [0.1, 0.15) is 37.9 Å². The number of anilines is 1. The molecule has 0 spiro atoms. The number of thiazole rings is 1. The highest BCUT2D eigenvalue weighted by atomic mass is 32.1. The van der Waals surface area contributed by atoms with Crippen LogP contribution in [0.3, 0.4) is 0 Å². The fourth-order valence-electron chi connectivity index (χ4n) is 4.62. The molecule has 7 nitrogen and oxygen atoms in total. The molecular formula is C26H22FN3O4S. The molecule has 2 aliphatic heterocycles. The third-order valence-corrected chi connectivity index (χ3v) is 7.20. The second-order valence-corrected chi connectivity index (χ2v) is 9.09. The summed E-state index contributed by atoms with van der Waals surface area (Å²) in [6, 6.07) is 12.1. The van der Waals surface area contributed by atoms with Crippen molar-refractivity contribution in [1.29, 1.82) is 0 Å². The summed E-state index contributed by atoms with van der Waals surface area (Å²) in [5.41, 5.74) is 2.47. The van der Waals surface area contributed by atoms with E-state index < -0.39 is 23.4 Å². The summed E-state index contributed by atoms with van der Waals surface area (Å²) in [7, 11) is 0. The Balaban J connectivity index is 1.83. The molecule has 3 aromatic rings. The number of likely N-dealkylation sites (N-methyl/N-ethyl adjacent to an activating group) is 1. The van der Waals surface area contributed by atoms with Crippen LogP contribution in [-0.2, 0) is 14.3 Å². The maximum atomic E-state index is 13.9. The van der Waals surface area contributed by atoms with Gasteiger partial charge in [0, 0.05) is 12.1 Å². The normalized spacial score (nSPS) is 18.3. The zero-order valence-corrected chi connectivity index (χ0v) is 20.2. The molecule has 0 N–H and O–H groups in total. The second kappa shape index (κ2) is 8.74. The molecule has 3 heterocycles. The van der Waals surface area contributed by atoms with E-state index in [9.17, 15) is 18.8 Å². The van der Waals surface area contributed by atoms with Crippen LogP contribution in [0, 0.1) is 5.82 Å². The molecule has 5 rings (SSSR count). The first kappa shape index (κ1) is 22.9. The lowest BCUT2D eigenvalue weighted by Gasteiger charge is -2.24. The summed E-state index contributed by atoms with van der Waals surface area (Å²) in [5.74, 6) is -1.28. The number of rotatable bonds is 4. The zero-order valence-electron chi connectivity index (χ0n) is 19.4. The number of para-hydroxylation sites is 1. The average Bonchev–Trinajstić information content (AvgIpc) is 3.31. The zero-order chi connectivity index (χ0) is 24.9. The molecule has 0 bridgehead atoms. The van der Waals surface area contributed by atoms with E-state index in [4.69, 9.17) is 4.74 Å². The fraction of sp³-hybridized carbons (Fsp3) is 0.231. The number of amides is 1. The van der Waals surface area contributed by atoms with E-state index in [1.54, 1.807) is 18.7 Å². The van der Waals surface area contributed by atoms with E-state index in [0.717, 1.165) is 17.0 Å². The van der Waals surface area contributed by atoms with Gasteiger partial charge in [0.2, 0.25) is 0 Å².